The number of fused-ring (bicyclic) bond motifs is 1. The first-order valence-electron chi connectivity index (χ1n) is 8.52. The highest BCUT2D eigenvalue weighted by Crippen LogP contribution is 2.38. The Labute approximate surface area is 164 Å². The molecule has 0 fully saturated rings. The highest BCUT2D eigenvalue weighted by atomic mass is 35.5. The molecule has 0 radical (unpaired) electrons. The van der Waals surface area contributed by atoms with E-state index in [1.165, 1.54) is 0 Å². The van der Waals surface area contributed by atoms with Crippen LogP contribution in [0.4, 0.5) is 5.82 Å². The van der Waals surface area contributed by atoms with Crippen molar-refractivity contribution in [1.82, 2.24) is 9.78 Å². The van der Waals surface area contributed by atoms with Crippen molar-refractivity contribution in [2.75, 3.05) is 5.75 Å². The van der Waals surface area contributed by atoms with E-state index in [1.54, 1.807) is 29.8 Å². The second kappa shape index (κ2) is 7.33. The minimum atomic E-state index is -3.42. The van der Waals surface area contributed by atoms with Crippen LogP contribution in [0.5, 0.6) is 0 Å². The maximum atomic E-state index is 13.1. The monoisotopic (exact) mass is 413 g/mol. The van der Waals surface area contributed by atoms with Crippen molar-refractivity contribution in [2.24, 2.45) is 4.99 Å². The first-order chi connectivity index (χ1) is 12.2. The Morgan fingerprint density at radius 2 is 1.88 bits per heavy atom. The van der Waals surface area contributed by atoms with E-state index in [9.17, 15) is 8.42 Å². The highest BCUT2D eigenvalue weighted by Gasteiger charge is 2.41. The van der Waals surface area contributed by atoms with E-state index in [-0.39, 0.29) is 5.75 Å². The second-order valence-electron chi connectivity index (χ2n) is 6.60. The molecule has 3 rings (SSSR count). The molecule has 0 N–H and O–H groups in total. The number of hydrogen-bond acceptors (Lipinski definition) is 4. The molecule has 0 spiro atoms. The molecule has 1 aliphatic heterocycles. The summed E-state index contributed by atoms with van der Waals surface area (Å²) in [4.78, 5) is 4.52. The van der Waals surface area contributed by atoms with Gasteiger partial charge in [0.1, 0.15) is 11.3 Å². The van der Waals surface area contributed by atoms with Crippen molar-refractivity contribution < 1.29 is 8.42 Å². The minimum Gasteiger partial charge on any atom is -0.238 e. The second-order valence-corrected chi connectivity index (χ2v) is 9.66. The molecular weight excluding hydrogens is 393 g/mol. The van der Waals surface area contributed by atoms with Crippen molar-refractivity contribution in [2.45, 2.75) is 44.9 Å². The molecule has 2 atom stereocenters. The average Bonchev–Trinajstić information content (AvgIpc) is 2.94. The SMILES string of the molecule is CCCCS(=O)(=O)C1C(C)=Nc2cc(C)nn2C1c1ccc(Cl)c(Cl)c1. The average molecular weight is 414 g/mol. The number of unbranched alkanes of at least 4 members (excludes halogenated alkanes) is 1. The lowest BCUT2D eigenvalue weighted by Gasteiger charge is -2.32. The van der Waals surface area contributed by atoms with Gasteiger partial charge >= 0.3 is 0 Å². The van der Waals surface area contributed by atoms with Gasteiger partial charge in [-0.3, -0.25) is 0 Å². The molecule has 0 saturated carbocycles. The van der Waals surface area contributed by atoms with Crippen LogP contribution in [0.25, 0.3) is 0 Å². The van der Waals surface area contributed by atoms with Gasteiger partial charge in [-0.25, -0.2) is 18.1 Å². The van der Waals surface area contributed by atoms with E-state index >= 15 is 0 Å². The van der Waals surface area contributed by atoms with Gasteiger partial charge in [0.15, 0.2) is 15.7 Å². The van der Waals surface area contributed by atoms with E-state index in [1.807, 2.05) is 19.9 Å². The Balaban J connectivity index is 2.19. The number of aromatic nitrogens is 2. The molecule has 1 aliphatic rings. The molecule has 5 nitrogen and oxygen atoms in total. The molecule has 26 heavy (non-hydrogen) atoms. The number of nitrogens with zero attached hydrogens (tertiary/aromatic N) is 3. The third-order valence-electron chi connectivity index (χ3n) is 4.55. The van der Waals surface area contributed by atoms with Crippen LogP contribution in [0, 0.1) is 6.92 Å². The van der Waals surface area contributed by atoms with Crippen molar-refractivity contribution >= 4 is 44.6 Å². The Kier molecular flexibility index (Phi) is 5.47. The zero-order valence-corrected chi connectivity index (χ0v) is 17.2. The fourth-order valence-electron chi connectivity index (χ4n) is 3.33. The summed E-state index contributed by atoms with van der Waals surface area (Å²) in [5.41, 5.74) is 2.11. The lowest BCUT2D eigenvalue weighted by molar-refractivity contribution is 0.507. The van der Waals surface area contributed by atoms with Gasteiger partial charge < -0.3 is 0 Å². The molecule has 0 saturated heterocycles. The van der Waals surface area contributed by atoms with Gasteiger partial charge in [-0.1, -0.05) is 42.6 Å². The molecule has 140 valence electrons. The molecular formula is C18H21Cl2N3O2S. The van der Waals surface area contributed by atoms with Crippen LogP contribution < -0.4 is 0 Å². The first kappa shape index (κ1) is 19.4. The summed E-state index contributed by atoms with van der Waals surface area (Å²) in [7, 11) is -3.42. The molecule has 0 amide bonds. The Bertz CT molecular complexity index is 967. The summed E-state index contributed by atoms with van der Waals surface area (Å²) >= 11 is 12.3. The smallest absolute Gasteiger partial charge is 0.160 e. The van der Waals surface area contributed by atoms with Gasteiger partial charge in [0, 0.05) is 11.8 Å². The van der Waals surface area contributed by atoms with E-state index in [0.29, 0.717) is 28.0 Å². The number of benzene rings is 1. The summed E-state index contributed by atoms with van der Waals surface area (Å²) in [6.45, 7) is 5.61. The predicted molar refractivity (Wildman–Crippen MR) is 107 cm³/mol. The fourth-order valence-corrected chi connectivity index (χ4v) is 5.82. The minimum absolute atomic E-state index is 0.119. The quantitative estimate of drug-likeness (QED) is 0.708. The molecule has 1 aromatic carbocycles. The topological polar surface area (TPSA) is 64.3 Å². The zero-order chi connectivity index (χ0) is 19.1. The van der Waals surface area contributed by atoms with Crippen LogP contribution in [0.3, 0.4) is 0 Å². The zero-order valence-electron chi connectivity index (χ0n) is 14.9. The van der Waals surface area contributed by atoms with Gasteiger partial charge in [-0.05, 0) is 38.0 Å². The third kappa shape index (κ3) is 3.55. The summed E-state index contributed by atoms with van der Waals surface area (Å²) in [5.74, 6) is 0.770. The van der Waals surface area contributed by atoms with Crippen LogP contribution in [-0.2, 0) is 9.84 Å². The lowest BCUT2D eigenvalue weighted by atomic mass is 9.99. The summed E-state index contributed by atoms with van der Waals surface area (Å²) in [6, 6.07) is 6.54. The van der Waals surface area contributed by atoms with E-state index < -0.39 is 21.1 Å². The molecule has 2 unspecified atom stereocenters. The predicted octanol–water partition coefficient (Wildman–Crippen LogP) is 4.78. The standard InChI is InChI=1S/C18H21Cl2N3O2S/c1-4-5-8-26(24,25)18-12(3)21-16-9-11(2)22-23(16)17(18)13-6-7-14(19)15(20)10-13/h6-7,9-10,17-18H,4-5,8H2,1-3H3. The summed E-state index contributed by atoms with van der Waals surface area (Å²) in [5, 5.41) is 4.55. The van der Waals surface area contributed by atoms with Crippen LogP contribution >= 0.6 is 23.2 Å². The molecule has 8 heteroatoms. The van der Waals surface area contributed by atoms with Crippen LogP contribution in [0.15, 0.2) is 29.3 Å². The number of rotatable bonds is 5. The first-order valence-corrected chi connectivity index (χ1v) is 11.0. The Morgan fingerprint density at radius 1 is 1.15 bits per heavy atom. The van der Waals surface area contributed by atoms with E-state index in [2.05, 4.69) is 10.1 Å². The van der Waals surface area contributed by atoms with Crippen LogP contribution in [-0.4, -0.2) is 34.9 Å². The van der Waals surface area contributed by atoms with Gasteiger partial charge in [-0.15, -0.1) is 0 Å². The number of sulfone groups is 1. The van der Waals surface area contributed by atoms with E-state index in [0.717, 1.165) is 17.7 Å². The Hall–Kier alpha value is -1.37. The highest BCUT2D eigenvalue weighted by molar-refractivity contribution is 7.92. The van der Waals surface area contributed by atoms with Gasteiger partial charge in [0.25, 0.3) is 0 Å². The molecule has 2 heterocycles. The van der Waals surface area contributed by atoms with Crippen molar-refractivity contribution in [3.05, 3.63) is 45.6 Å². The molecule has 0 bridgehead atoms. The van der Waals surface area contributed by atoms with Gasteiger partial charge in [0.05, 0.1) is 21.5 Å². The number of halogens is 2. The molecule has 1 aromatic heterocycles. The van der Waals surface area contributed by atoms with Crippen LogP contribution in [0.1, 0.15) is 44.0 Å². The van der Waals surface area contributed by atoms with Gasteiger partial charge in [-0.2, -0.15) is 5.10 Å². The van der Waals surface area contributed by atoms with E-state index in [4.69, 9.17) is 23.2 Å². The van der Waals surface area contributed by atoms with Crippen LogP contribution in [0.2, 0.25) is 10.0 Å². The normalized spacial score (nSPS) is 20.0. The fraction of sp³-hybridized carbons (Fsp3) is 0.444. The van der Waals surface area contributed by atoms with Gasteiger partial charge in [0.2, 0.25) is 0 Å². The number of aliphatic imine (C=N–C) groups is 1. The van der Waals surface area contributed by atoms with Crippen molar-refractivity contribution in [3.63, 3.8) is 0 Å². The number of aryl methyl sites for hydroxylation is 1. The lowest BCUT2D eigenvalue weighted by Crippen LogP contribution is -2.42. The largest absolute Gasteiger partial charge is 0.238 e. The van der Waals surface area contributed by atoms with Crippen molar-refractivity contribution in [1.29, 1.82) is 0 Å². The third-order valence-corrected chi connectivity index (χ3v) is 7.52. The summed E-state index contributed by atoms with van der Waals surface area (Å²) in [6.07, 6.45) is 1.43. The van der Waals surface area contributed by atoms with Crippen molar-refractivity contribution in [3.8, 4) is 0 Å². The Morgan fingerprint density at radius 3 is 2.54 bits per heavy atom. The maximum absolute atomic E-state index is 13.1. The molecule has 0 aliphatic carbocycles. The maximum Gasteiger partial charge on any atom is 0.160 e. The summed E-state index contributed by atoms with van der Waals surface area (Å²) < 4.78 is 27.9. The number of hydrogen-bond donors (Lipinski definition) is 0. The molecule has 2 aromatic rings.